The number of aliphatic hydroxyl groups is 1. The fourth-order valence-corrected chi connectivity index (χ4v) is 3.64. The van der Waals surface area contributed by atoms with Crippen molar-refractivity contribution in [2.45, 2.75) is 31.0 Å². The smallest absolute Gasteiger partial charge is 0.387 e. The first-order valence-corrected chi connectivity index (χ1v) is 8.91. The highest BCUT2D eigenvalue weighted by atomic mass is 32.2. The van der Waals surface area contributed by atoms with Gasteiger partial charge in [0.1, 0.15) is 0 Å². The number of nitrogens with one attached hydrogen (secondary N) is 1. The Bertz CT molecular complexity index is 846. The maximum Gasteiger partial charge on any atom is 0.416 e. The average molecular weight is 373 g/mol. The topological polar surface area (TPSA) is 66.4 Å². The molecular formula is C17H18F3NO3S. The van der Waals surface area contributed by atoms with Gasteiger partial charge in [0.15, 0.2) is 0 Å². The van der Waals surface area contributed by atoms with Crippen LogP contribution in [0.3, 0.4) is 0 Å². The van der Waals surface area contributed by atoms with Gasteiger partial charge in [-0.05, 0) is 48.7 Å². The minimum absolute atomic E-state index is 0.104. The van der Waals surface area contributed by atoms with Gasteiger partial charge in [-0.3, -0.25) is 0 Å². The number of benzene rings is 2. The van der Waals surface area contributed by atoms with Crippen molar-refractivity contribution in [3.05, 3.63) is 64.7 Å². The fraction of sp³-hybridized carbons (Fsp3) is 0.294. The molecule has 0 saturated carbocycles. The summed E-state index contributed by atoms with van der Waals surface area (Å²) in [6.07, 6.45) is -5.73. The summed E-state index contributed by atoms with van der Waals surface area (Å²) in [7, 11) is -3.84. The third-order valence-electron chi connectivity index (χ3n) is 3.72. The molecule has 0 aliphatic carbocycles. The molecule has 1 atom stereocenters. The molecule has 2 aromatic rings. The first-order valence-electron chi connectivity index (χ1n) is 7.43. The number of rotatable bonds is 5. The molecule has 4 nitrogen and oxygen atoms in total. The first-order chi connectivity index (χ1) is 11.5. The molecule has 0 unspecified atom stereocenters. The molecule has 0 bridgehead atoms. The second-order valence-electron chi connectivity index (χ2n) is 5.76. The van der Waals surface area contributed by atoms with Gasteiger partial charge in [-0.15, -0.1) is 0 Å². The van der Waals surface area contributed by atoms with Gasteiger partial charge >= 0.3 is 6.18 Å². The SMILES string of the molecule is Cc1ccc(C)c(S(=O)(=O)NC[C@H](O)c2ccc(C(F)(F)F)cc2)c1. The summed E-state index contributed by atoms with van der Waals surface area (Å²) < 4.78 is 64.6. The summed E-state index contributed by atoms with van der Waals surface area (Å²) >= 11 is 0. The molecule has 0 aliphatic rings. The third-order valence-corrected chi connectivity index (χ3v) is 5.29. The second kappa shape index (κ2) is 7.15. The minimum Gasteiger partial charge on any atom is -0.387 e. The molecule has 0 aliphatic heterocycles. The molecule has 2 aromatic carbocycles. The maximum atomic E-state index is 12.5. The zero-order valence-corrected chi connectivity index (χ0v) is 14.4. The van der Waals surface area contributed by atoms with E-state index in [4.69, 9.17) is 0 Å². The molecule has 0 amide bonds. The Hall–Kier alpha value is -1.90. The Balaban J connectivity index is 2.11. The molecule has 8 heteroatoms. The lowest BCUT2D eigenvalue weighted by Crippen LogP contribution is -2.29. The van der Waals surface area contributed by atoms with Gasteiger partial charge in [-0.25, -0.2) is 13.1 Å². The van der Waals surface area contributed by atoms with E-state index in [1.165, 1.54) is 6.07 Å². The van der Waals surface area contributed by atoms with Crippen molar-refractivity contribution in [1.82, 2.24) is 4.72 Å². The molecule has 136 valence electrons. The van der Waals surface area contributed by atoms with Crippen molar-refractivity contribution in [2.75, 3.05) is 6.54 Å². The van der Waals surface area contributed by atoms with E-state index in [1.807, 2.05) is 0 Å². The minimum atomic E-state index is -4.46. The highest BCUT2D eigenvalue weighted by Crippen LogP contribution is 2.30. The van der Waals surface area contributed by atoms with Gasteiger partial charge in [0.05, 0.1) is 16.6 Å². The number of sulfonamides is 1. The molecule has 0 heterocycles. The van der Waals surface area contributed by atoms with Gasteiger partial charge in [-0.2, -0.15) is 13.2 Å². The molecule has 2 N–H and O–H groups in total. The summed E-state index contributed by atoms with van der Waals surface area (Å²) in [4.78, 5) is 0.104. The van der Waals surface area contributed by atoms with Crippen LogP contribution in [0.15, 0.2) is 47.4 Å². The van der Waals surface area contributed by atoms with Crippen LogP contribution in [0, 0.1) is 13.8 Å². The third kappa shape index (κ3) is 4.81. The summed E-state index contributed by atoms with van der Waals surface area (Å²) in [6, 6.07) is 8.92. The normalized spacial score (nSPS) is 13.7. The maximum absolute atomic E-state index is 12.5. The van der Waals surface area contributed by atoms with E-state index in [0.717, 1.165) is 29.8 Å². The summed E-state index contributed by atoms with van der Waals surface area (Å²) in [5.41, 5.74) is 0.687. The molecule has 25 heavy (non-hydrogen) atoms. The Kier molecular flexibility index (Phi) is 5.55. The van der Waals surface area contributed by atoms with Crippen molar-refractivity contribution in [2.24, 2.45) is 0 Å². The van der Waals surface area contributed by atoms with E-state index in [0.29, 0.717) is 5.56 Å². The van der Waals surface area contributed by atoms with Crippen LogP contribution in [0.4, 0.5) is 13.2 Å². The molecule has 0 spiro atoms. The summed E-state index contributed by atoms with van der Waals surface area (Å²) in [5.74, 6) is 0. The van der Waals surface area contributed by atoms with Crippen LogP contribution in [0.1, 0.15) is 28.4 Å². The van der Waals surface area contributed by atoms with Gasteiger partial charge in [0.25, 0.3) is 0 Å². The largest absolute Gasteiger partial charge is 0.416 e. The summed E-state index contributed by atoms with van der Waals surface area (Å²) in [5, 5.41) is 10.0. The van der Waals surface area contributed by atoms with Crippen molar-refractivity contribution in [3.63, 3.8) is 0 Å². The van der Waals surface area contributed by atoms with Crippen LogP contribution in [-0.4, -0.2) is 20.1 Å². The van der Waals surface area contributed by atoms with Gasteiger partial charge < -0.3 is 5.11 Å². The summed E-state index contributed by atoms with van der Waals surface area (Å²) in [6.45, 7) is 3.07. The number of alkyl halides is 3. The average Bonchev–Trinajstić information content (AvgIpc) is 2.54. The zero-order valence-electron chi connectivity index (χ0n) is 13.6. The lowest BCUT2D eigenvalue weighted by Gasteiger charge is -2.15. The highest BCUT2D eigenvalue weighted by molar-refractivity contribution is 7.89. The lowest BCUT2D eigenvalue weighted by atomic mass is 10.1. The quantitative estimate of drug-likeness (QED) is 0.845. The molecule has 0 fully saturated rings. The Labute approximate surface area is 144 Å². The van der Waals surface area contributed by atoms with Crippen LogP contribution in [0.5, 0.6) is 0 Å². The van der Waals surface area contributed by atoms with Crippen LogP contribution in [0.2, 0.25) is 0 Å². The van der Waals surface area contributed by atoms with E-state index >= 15 is 0 Å². The van der Waals surface area contributed by atoms with E-state index in [2.05, 4.69) is 4.72 Å². The molecule has 0 radical (unpaired) electrons. The Morgan fingerprint density at radius 1 is 1.08 bits per heavy atom. The predicted octanol–water partition coefficient (Wildman–Crippen LogP) is 3.33. The van der Waals surface area contributed by atoms with Gasteiger partial charge in [-0.1, -0.05) is 24.3 Å². The Morgan fingerprint density at radius 3 is 2.24 bits per heavy atom. The van der Waals surface area contributed by atoms with E-state index in [-0.39, 0.29) is 17.0 Å². The van der Waals surface area contributed by atoms with E-state index in [1.54, 1.807) is 26.0 Å². The number of aryl methyl sites for hydroxylation is 2. The standard InChI is InChI=1S/C17H18F3NO3S/c1-11-3-4-12(2)16(9-11)25(23,24)21-10-15(22)13-5-7-14(8-6-13)17(18,19)20/h3-9,15,21-22H,10H2,1-2H3/t15-/m0/s1. The van der Waals surface area contributed by atoms with Crippen LogP contribution in [-0.2, 0) is 16.2 Å². The molecule has 2 rings (SSSR count). The second-order valence-corrected chi connectivity index (χ2v) is 7.49. The number of hydrogen-bond acceptors (Lipinski definition) is 3. The van der Waals surface area contributed by atoms with Crippen molar-refractivity contribution in [1.29, 1.82) is 0 Å². The van der Waals surface area contributed by atoms with Crippen molar-refractivity contribution in [3.8, 4) is 0 Å². The highest BCUT2D eigenvalue weighted by Gasteiger charge is 2.30. The fourth-order valence-electron chi connectivity index (χ4n) is 2.28. The number of hydrogen-bond donors (Lipinski definition) is 2. The van der Waals surface area contributed by atoms with Crippen LogP contribution >= 0.6 is 0 Å². The number of halogens is 3. The molecule has 0 aromatic heterocycles. The van der Waals surface area contributed by atoms with Crippen LogP contribution < -0.4 is 4.72 Å². The van der Waals surface area contributed by atoms with Crippen molar-refractivity contribution >= 4 is 10.0 Å². The van der Waals surface area contributed by atoms with Gasteiger partial charge in [0.2, 0.25) is 10.0 Å². The number of aliphatic hydroxyl groups excluding tert-OH is 1. The monoisotopic (exact) mass is 373 g/mol. The zero-order chi connectivity index (χ0) is 18.8. The van der Waals surface area contributed by atoms with E-state index < -0.39 is 27.9 Å². The molecule has 0 saturated heterocycles. The van der Waals surface area contributed by atoms with Crippen molar-refractivity contribution < 1.29 is 26.7 Å². The predicted molar refractivity (Wildman–Crippen MR) is 87.5 cm³/mol. The first kappa shape index (κ1) is 19.4. The van der Waals surface area contributed by atoms with Gasteiger partial charge in [0, 0.05) is 6.54 Å². The van der Waals surface area contributed by atoms with Crippen LogP contribution in [0.25, 0.3) is 0 Å². The Morgan fingerprint density at radius 2 is 1.68 bits per heavy atom. The van der Waals surface area contributed by atoms with E-state index in [9.17, 15) is 26.7 Å². The lowest BCUT2D eigenvalue weighted by molar-refractivity contribution is -0.137. The molecular weight excluding hydrogens is 355 g/mol.